The van der Waals surface area contributed by atoms with Gasteiger partial charge in [-0.3, -0.25) is 0 Å². The second-order valence-electron chi connectivity index (χ2n) is 4.18. The van der Waals surface area contributed by atoms with Crippen molar-refractivity contribution >= 4 is 44.7 Å². The summed E-state index contributed by atoms with van der Waals surface area (Å²) >= 11 is 15.3. The van der Waals surface area contributed by atoms with Crippen LogP contribution >= 0.6 is 39.1 Å². The van der Waals surface area contributed by atoms with Gasteiger partial charge in [0.25, 0.3) is 0 Å². The minimum absolute atomic E-state index is 0.00526. The first kappa shape index (κ1) is 13.4. The maximum Gasteiger partial charge on any atom is 0.150 e. The zero-order chi connectivity index (χ0) is 12.4. The second kappa shape index (κ2) is 5.73. The van der Waals surface area contributed by atoms with Gasteiger partial charge in [0.05, 0.1) is 10.4 Å². The van der Waals surface area contributed by atoms with Crippen LogP contribution in [0.15, 0.2) is 22.7 Å². The van der Waals surface area contributed by atoms with Crippen molar-refractivity contribution in [3.05, 3.63) is 39.1 Å². The number of allylic oxidation sites excluding steroid dienone is 2. The summed E-state index contributed by atoms with van der Waals surface area (Å²) < 4.78 is 14.6. The van der Waals surface area contributed by atoms with Crippen molar-refractivity contribution in [2.75, 3.05) is 0 Å². The zero-order valence-electron chi connectivity index (χ0n) is 9.15. The van der Waals surface area contributed by atoms with Crippen molar-refractivity contribution in [3.63, 3.8) is 0 Å². The van der Waals surface area contributed by atoms with E-state index in [0.717, 1.165) is 31.3 Å². The van der Waals surface area contributed by atoms with Gasteiger partial charge in [0.1, 0.15) is 5.82 Å². The standard InChI is InChI=1S/C13H12BrCl2F/c14-11-6-5-10(13(17)12(11)16)8-3-1-2-4-9(15)7-8/h5-7,9H,1-4H2. The summed E-state index contributed by atoms with van der Waals surface area (Å²) in [7, 11) is 0. The normalized spacial score (nSPS) is 20.9. The van der Waals surface area contributed by atoms with E-state index in [1.54, 1.807) is 12.1 Å². The number of halogens is 4. The maximum atomic E-state index is 14.1. The summed E-state index contributed by atoms with van der Waals surface area (Å²) in [4.78, 5) is 0. The smallest absolute Gasteiger partial charge is 0.150 e. The lowest BCUT2D eigenvalue weighted by Crippen LogP contribution is -1.94. The van der Waals surface area contributed by atoms with Gasteiger partial charge in [0.15, 0.2) is 0 Å². The molecule has 0 bridgehead atoms. The number of benzene rings is 1. The van der Waals surface area contributed by atoms with Crippen molar-refractivity contribution in [1.82, 2.24) is 0 Å². The molecular formula is C13H12BrCl2F. The first-order valence-electron chi connectivity index (χ1n) is 5.58. The van der Waals surface area contributed by atoms with Crippen LogP contribution in [0, 0.1) is 5.82 Å². The molecule has 0 heterocycles. The van der Waals surface area contributed by atoms with Gasteiger partial charge < -0.3 is 0 Å². The van der Waals surface area contributed by atoms with Crippen molar-refractivity contribution in [2.24, 2.45) is 0 Å². The zero-order valence-corrected chi connectivity index (χ0v) is 12.2. The highest BCUT2D eigenvalue weighted by Crippen LogP contribution is 2.34. The van der Waals surface area contributed by atoms with Crippen LogP contribution in [0.5, 0.6) is 0 Å². The van der Waals surface area contributed by atoms with Gasteiger partial charge in [-0.15, -0.1) is 11.6 Å². The molecule has 0 radical (unpaired) electrons. The quantitative estimate of drug-likeness (QED) is 0.448. The molecule has 0 amide bonds. The summed E-state index contributed by atoms with van der Waals surface area (Å²) in [5.41, 5.74) is 1.54. The molecule has 1 aliphatic carbocycles. The molecule has 0 fully saturated rings. The third-order valence-corrected chi connectivity index (χ3v) is 4.54. The Morgan fingerprint density at radius 2 is 2.06 bits per heavy atom. The first-order chi connectivity index (χ1) is 8.09. The lowest BCUT2D eigenvalue weighted by atomic mass is 10.0. The summed E-state index contributed by atoms with van der Waals surface area (Å²) in [6.45, 7) is 0. The number of hydrogen-bond acceptors (Lipinski definition) is 0. The molecule has 17 heavy (non-hydrogen) atoms. The molecule has 0 N–H and O–H groups in total. The number of hydrogen-bond donors (Lipinski definition) is 0. The van der Waals surface area contributed by atoms with E-state index < -0.39 is 0 Å². The molecule has 92 valence electrons. The van der Waals surface area contributed by atoms with Crippen molar-refractivity contribution in [1.29, 1.82) is 0 Å². The molecule has 1 aliphatic rings. The highest BCUT2D eigenvalue weighted by molar-refractivity contribution is 9.10. The van der Waals surface area contributed by atoms with Gasteiger partial charge in [0.2, 0.25) is 0 Å². The summed E-state index contributed by atoms with van der Waals surface area (Å²) in [6, 6.07) is 3.53. The molecule has 0 aromatic heterocycles. The number of alkyl halides is 1. The van der Waals surface area contributed by atoms with E-state index in [1.807, 2.05) is 6.08 Å². The van der Waals surface area contributed by atoms with Crippen LogP contribution < -0.4 is 0 Å². The van der Waals surface area contributed by atoms with Crippen LogP contribution in [0.4, 0.5) is 4.39 Å². The van der Waals surface area contributed by atoms with Gasteiger partial charge in [-0.1, -0.05) is 30.2 Å². The van der Waals surface area contributed by atoms with E-state index in [0.29, 0.717) is 10.0 Å². The van der Waals surface area contributed by atoms with E-state index in [-0.39, 0.29) is 16.2 Å². The minimum atomic E-state index is -0.363. The van der Waals surface area contributed by atoms with Crippen LogP contribution in [0.25, 0.3) is 5.57 Å². The minimum Gasteiger partial charge on any atom is -0.205 e. The van der Waals surface area contributed by atoms with E-state index >= 15 is 0 Å². The van der Waals surface area contributed by atoms with Gasteiger partial charge in [-0.05, 0) is 46.8 Å². The SMILES string of the molecule is Fc1c(C2=CC(Cl)CCCC2)ccc(Br)c1Cl. The highest BCUT2D eigenvalue weighted by atomic mass is 79.9. The molecule has 0 saturated heterocycles. The van der Waals surface area contributed by atoms with Crippen LogP contribution in [0.2, 0.25) is 5.02 Å². The average molecular weight is 338 g/mol. The Hall–Kier alpha value is -0.0500. The Morgan fingerprint density at radius 1 is 1.29 bits per heavy atom. The fourth-order valence-corrected chi connectivity index (χ4v) is 2.82. The van der Waals surface area contributed by atoms with Crippen molar-refractivity contribution < 1.29 is 4.39 Å². The Labute approximate surface area is 119 Å². The van der Waals surface area contributed by atoms with Crippen LogP contribution in [0.1, 0.15) is 31.2 Å². The van der Waals surface area contributed by atoms with E-state index in [1.165, 1.54) is 0 Å². The molecule has 0 nitrogen and oxygen atoms in total. The first-order valence-corrected chi connectivity index (χ1v) is 7.19. The Bertz CT molecular complexity index is 457. The molecule has 1 atom stereocenters. The molecule has 1 aromatic carbocycles. The predicted molar refractivity (Wildman–Crippen MR) is 75.2 cm³/mol. The van der Waals surface area contributed by atoms with E-state index in [2.05, 4.69) is 15.9 Å². The van der Waals surface area contributed by atoms with E-state index in [4.69, 9.17) is 23.2 Å². The third kappa shape index (κ3) is 3.04. The maximum absolute atomic E-state index is 14.1. The van der Waals surface area contributed by atoms with Gasteiger partial charge in [0, 0.05) is 10.0 Å². The van der Waals surface area contributed by atoms with Gasteiger partial charge in [-0.2, -0.15) is 0 Å². The number of rotatable bonds is 1. The van der Waals surface area contributed by atoms with E-state index in [9.17, 15) is 4.39 Å². The van der Waals surface area contributed by atoms with Crippen molar-refractivity contribution in [2.45, 2.75) is 31.1 Å². The fraction of sp³-hybridized carbons (Fsp3) is 0.385. The predicted octanol–water partition coefficient (Wildman–Crippen LogP) is 5.81. The molecule has 0 aliphatic heterocycles. The van der Waals surface area contributed by atoms with Crippen molar-refractivity contribution in [3.8, 4) is 0 Å². The average Bonchev–Trinajstić information content (AvgIpc) is 2.51. The molecule has 4 heteroatoms. The second-order valence-corrected chi connectivity index (χ2v) is 5.97. The topological polar surface area (TPSA) is 0 Å². The Kier molecular flexibility index (Phi) is 4.51. The largest absolute Gasteiger partial charge is 0.205 e. The Morgan fingerprint density at radius 3 is 2.82 bits per heavy atom. The molecular weight excluding hydrogens is 326 g/mol. The monoisotopic (exact) mass is 336 g/mol. The highest BCUT2D eigenvalue weighted by Gasteiger charge is 2.16. The summed E-state index contributed by atoms with van der Waals surface area (Å²) in [5, 5.41) is 0.132. The van der Waals surface area contributed by atoms with Gasteiger partial charge in [-0.25, -0.2) is 4.39 Å². The van der Waals surface area contributed by atoms with Crippen LogP contribution in [-0.2, 0) is 0 Å². The molecule has 0 spiro atoms. The molecule has 1 unspecified atom stereocenters. The molecule has 1 aromatic rings. The summed E-state index contributed by atoms with van der Waals surface area (Å²) in [5.74, 6) is -0.363. The molecule has 0 saturated carbocycles. The molecule has 2 rings (SSSR count). The lowest BCUT2D eigenvalue weighted by molar-refractivity contribution is 0.622. The Balaban J connectivity index is 2.42. The lowest BCUT2D eigenvalue weighted by Gasteiger charge is -2.10. The van der Waals surface area contributed by atoms with Crippen LogP contribution in [0.3, 0.4) is 0 Å². The fourth-order valence-electron chi connectivity index (χ4n) is 2.04. The third-order valence-electron chi connectivity index (χ3n) is 2.94. The van der Waals surface area contributed by atoms with Gasteiger partial charge >= 0.3 is 0 Å². The summed E-state index contributed by atoms with van der Waals surface area (Å²) in [6.07, 6.45) is 5.90. The van der Waals surface area contributed by atoms with Crippen LogP contribution in [-0.4, -0.2) is 5.38 Å².